The van der Waals surface area contributed by atoms with E-state index in [2.05, 4.69) is 22.0 Å². The van der Waals surface area contributed by atoms with Crippen molar-refractivity contribution < 1.29 is 14.3 Å². The van der Waals surface area contributed by atoms with Gasteiger partial charge in [-0.3, -0.25) is 4.79 Å². The zero-order valence-corrected chi connectivity index (χ0v) is 11.9. The summed E-state index contributed by atoms with van der Waals surface area (Å²) >= 11 is 0. The maximum atomic E-state index is 12.1. The molecular weight excluding hydrogens is 270 g/mol. The van der Waals surface area contributed by atoms with Crippen LogP contribution in [0.2, 0.25) is 0 Å². The first-order valence-corrected chi connectivity index (χ1v) is 7.10. The van der Waals surface area contributed by atoms with Crippen LogP contribution in [0.15, 0.2) is 24.3 Å². The zero-order valence-electron chi connectivity index (χ0n) is 11.9. The maximum absolute atomic E-state index is 12.1. The Bertz CT molecular complexity index is 569. The second-order valence-corrected chi connectivity index (χ2v) is 5.61. The molecule has 0 radical (unpaired) electrons. The van der Waals surface area contributed by atoms with Gasteiger partial charge in [0.2, 0.25) is 5.91 Å². The van der Waals surface area contributed by atoms with Gasteiger partial charge in [-0.2, -0.15) is 0 Å². The number of hydrogen-bond donors (Lipinski definition) is 3. The third kappa shape index (κ3) is 2.66. The molecule has 1 unspecified atom stereocenters. The van der Waals surface area contributed by atoms with E-state index < -0.39 is 6.04 Å². The van der Waals surface area contributed by atoms with Crippen LogP contribution in [-0.2, 0) is 10.2 Å². The summed E-state index contributed by atoms with van der Waals surface area (Å²) in [5.74, 6) is 0.717. The molecule has 1 aromatic rings. The van der Waals surface area contributed by atoms with E-state index >= 15 is 0 Å². The van der Waals surface area contributed by atoms with Gasteiger partial charge in [-0.15, -0.1) is 0 Å². The van der Waals surface area contributed by atoms with Crippen molar-refractivity contribution in [3.8, 4) is 5.75 Å². The Morgan fingerprint density at radius 3 is 2.81 bits per heavy atom. The summed E-state index contributed by atoms with van der Waals surface area (Å²) in [5, 5.41) is 8.12. The molecule has 1 heterocycles. The highest BCUT2D eigenvalue weighted by molar-refractivity contribution is 5.90. The molecular formula is C15H19N3O3. The van der Waals surface area contributed by atoms with Gasteiger partial charge in [0, 0.05) is 24.1 Å². The van der Waals surface area contributed by atoms with Crippen LogP contribution in [0, 0.1) is 0 Å². The van der Waals surface area contributed by atoms with Gasteiger partial charge >= 0.3 is 6.03 Å². The van der Waals surface area contributed by atoms with Gasteiger partial charge in [0.05, 0.1) is 7.11 Å². The topological polar surface area (TPSA) is 79.5 Å². The van der Waals surface area contributed by atoms with Crippen molar-refractivity contribution in [3.63, 3.8) is 0 Å². The Morgan fingerprint density at radius 2 is 2.19 bits per heavy atom. The molecule has 1 saturated heterocycles. The predicted molar refractivity (Wildman–Crippen MR) is 77.2 cm³/mol. The van der Waals surface area contributed by atoms with E-state index in [0.29, 0.717) is 13.1 Å². The van der Waals surface area contributed by atoms with E-state index in [1.54, 1.807) is 7.11 Å². The van der Waals surface area contributed by atoms with E-state index in [-0.39, 0.29) is 17.4 Å². The second kappa shape index (κ2) is 5.27. The molecule has 3 amide bonds. The zero-order chi connectivity index (χ0) is 14.9. The predicted octanol–water partition coefficient (Wildman–Crippen LogP) is 0.524. The van der Waals surface area contributed by atoms with Crippen LogP contribution in [0.4, 0.5) is 4.79 Å². The van der Waals surface area contributed by atoms with Crippen LogP contribution < -0.4 is 20.7 Å². The van der Waals surface area contributed by atoms with Crippen molar-refractivity contribution in [2.75, 3.05) is 20.2 Å². The number of urea groups is 1. The number of methoxy groups -OCH3 is 1. The summed E-state index contributed by atoms with van der Waals surface area (Å²) in [6.07, 6.45) is 2.06. The van der Waals surface area contributed by atoms with E-state index in [1.807, 2.05) is 18.2 Å². The second-order valence-electron chi connectivity index (χ2n) is 5.61. The summed E-state index contributed by atoms with van der Waals surface area (Å²) in [4.78, 5) is 23.1. The number of amides is 3. The smallest absolute Gasteiger partial charge is 0.315 e. The molecule has 2 fully saturated rings. The lowest BCUT2D eigenvalue weighted by molar-refractivity contribution is -0.122. The van der Waals surface area contributed by atoms with Gasteiger partial charge in [0.25, 0.3) is 0 Å². The fraction of sp³-hybridized carbons (Fsp3) is 0.467. The third-order valence-corrected chi connectivity index (χ3v) is 4.22. The van der Waals surface area contributed by atoms with Crippen molar-refractivity contribution in [2.24, 2.45) is 0 Å². The minimum Gasteiger partial charge on any atom is -0.496 e. The van der Waals surface area contributed by atoms with Gasteiger partial charge in [-0.25, -0.2) is 4.79 Å². The molecule has 3 rings (SSSR count). The van der Waals surface area contributed by atoms with Crippen molar-refractivity contribution in [1.82, 2.24) is 16.0 Å². The molecule has 0 spiro atoms. The van der Waals surface area contributed by atoms with Crippen LogP contribution in [-0.4, -0.2) is 38.2 Å². The van der Waals surface area contributed by atoms with Crippen LogP contribution in [0.5, 0.6) is 5.75 Å². The fourth-order valence-electron chi connectivity index (χ4n) is 2.77. The van der Waals surface area contributed by atoms with Crippen molar-refractivity contribution in [3.05, 3.63) is 29.8 Å². The van der Waals surface area contributed by atoms with Crippen molar-refractivity contribution in [1.29, 1.82) is 0 Å². The Kier molecular flexibility index (Phi) is 3.45. The molecule has 1 aliphatic carbocycles. The Balaban J connectivity index is 1.64. The first kappa shape index (κ1) is 13.7. The SMILES string of the molecule is COc1ccccc1C1(CNC(=O)C2CNC(=O)N2)CC1. The number of rotatable bonds is 5. The lowest BCUT2D eigenvalue weighted by Crippen LogP contribution is -2.45. The average Bonchev–Trinajstić information content (AvgIpc) is 3.18. The fourth-order valence-corrected chi connectivity index (χ4v) is 2.77. The lowest BCUT2D eigenvalue weighted by atomic mass is 9.94. The van der Waals surface area contributed by atoms with Gasteiger partial charge < -0.3 is 20.7 Å². The number of nitrogens with one attached hydrogen (secondary N) is 3. The van der Waals surface area contributed by atoms with Crippen molar-refractivity contribution in [2.45, 2.75) is 24.3 Å². The minimum absolute atomic E-state index is 0.0295. The number of carbonyl (C=O) groups is 2. The van der Waals surface area contributed by atoms with Gasteiger partial charge in [-0.05, 0) is 18.9 Å². The summed E-state index contributed by atoms with van der Waals surface area (Å²) in [6, 6.07) is 7.15. The average molecular weight is 289 g/mol. The highest BCUT2D eigenvalue weighted by Crippen LogP contribution is 2.50. The molecule has 1 aromatic carbocycles. The Morgan fingerprint density at radius 1 is 1.43 bits per heavy atom. The third-order valence-electron chi connectivity index (χ3n) is 4.22. The standard InChI is InChI=1S/C15H19N3O3/c1-21-12-5-3-2-4-10(12)15(6-7-15)9-17-13(19)11-8-16-14(20)18-11/h2-5,11H,6-9H2,1H3,(H,17,19)(H2,16,18,20). The van der Waals surface area contributed by atoms with Gasteiger partial charge in [0.15, 0.2) is 0 Å². The minimum atomic E-state index is -0.481. The quantitative estimate of drug-likeness (QED) is 0.739. The number of hydrogen-bond acceptors (Lipinski definition) is 3. The van der Waals surface area contributed by atoms with E-state index in [4.69, 9.17) is 4.74 Å². The summed E-state index contributed by atoms with van der Waals surface area (Å²) in [7, 11) is 1.66. The first-order valence-electron chi connectivity index (χ1n) is 7.10. The molecule has 1 saturated carbocycles. The highest BCUT2D eigenvalue weighted by Gasteiger charge is 2.46. The molecule has 21 heavy (non-hydrogen) atoms. The molecule has 0 aromatic heterocycles. The molecule has 0 bridgehead atoms. The number of carbonyl (C=O) groups excluding carboxylic acids is 2. The largest absolute Gasteiger partial charge is 0.496 e. The van der Waals surface area contributed by atoms with E-state index in [9.17, 15) is 9.59 Å². The summed E-state index contributed by atoms with van der Waals surface area (Å²) < 4.78 is 5.41. The van der Waals surface area contributed by atoms with E-state index in [1.165, 1.54) is 0 Å². The number of para-hydroxylation sites is 1. The normalized spacial score (nSPS) is 22.1. The first-order chi connectivity index (χ1) is 10.1. The Labute approximate surface area is 123 Å². The molecule has 1 aliphatic heterocycles. The van der Waals surface area contributed by atoms with Crippen LogP contribution in [0.3, 0.4) is 0 Å². The Hall–Kier alpha value is -2.24. The lowest BCUT2D eigenvalue weighted by Gasteiger charge is -2.20. The van der Waals surface area contributed by atoms with Crippen LogP contribution in [0.25, 0.3) is 0 Å². The molecule has 6 nitrogen and oxygen atoms in total. The molecule has 2 aliphatic rings. The molecule has 1 atom stereocenters. The number of benzene rings is 1. The van der Waals surface area contributed by atoms with Crippen LogP contribution in [0.1, 0.15) is 18.4 Å². The molecule has 112 valence electrons. The van der Waals surface area contributed by atoms with Crippen molar-refractivity contribution >= 4 is 11.9 Å². The van der Waals surface area contributed by atoms with E-state index in [0.717, 1.165) is 24.2 Å². The highest BCUT2D eigenvalue weighted by atomic mass is 16.5. The summed E-state index contributed by atoms with van der Waals surface area (Å²) in [6.45, 7) is 0.908. The van der Waals surface area contributed by atoms with Gasteiger partial charge in [0.1, 0.15) is 11.8 Å². The number of ether oxygens (including phenoxy) is 1. The molecule has 3 N–H and O–H groups in total. The molecule has 6 heteroatoms. The monoisotopic (exact) mass is 289 g/mol. The van der Waals surface area contributed by atoms with Gasteiger partial charge in [-0.1, -0.05) is 18.2 Å². The maximum Gasteiger partial charge on any atom is 0.315 e. The summed E-state index contributed by atoms with van der Waals surface area (Å²) in [5.41, 5.74) is 1.11. The van der Waals surface area contributed by atoms with Crippen LogP contribution >= 0.6 is 0 Å².